The second kappa shape index (κ2) is 10.1. The Bertz CT molecular complexity index is 1280. The minimum atomic E-state index is -0.125. The molecule has 4 bridgehead atoms. The van der Waals surface area contributed by atoms with Crippen molar-refractivity contribution in [3.05, 3.63) is 69.3 Å². The van der Waals surface area contributed by atoms with E-state index in [4.69, 9.17) is 28.3 Å². The summed E-state index contributed by atoms with van der Waals surface area (Å²) in [5.41, 5.74) is 5.01. The molecule has 1 aromatic heterocycles. The van der Waals surface area contributed by atoms with Crippen molar-refractivity contribution in [2.45, 2.75) is 58.8 Å². The van der Waals surface area contributed by atoms with Crippen LogP contribution in [0.15, 0.2) is 42.5 Å². The van der Waals surface area contributed by atoms with E-state index in [9.17, 15) is 4.79 Å². The van der Waals surface area contributed by atoms with Crippen molar-refractivity contribution in [2.75, 3.05) is 6.54 Å². The number of benzene rings is 2. The molecule has 0 atom stereocenters. The van der Waals surface area contributed by atoms with Crippen molar-refractivity contribution in [2.24, 2.45) is 29.6 Å². The molecule has 0 saturated heterocycles. The highest BCUT2D eigenvalue weighted by Crippen LogP contribution is 2.57. The molecule has 0 unspecified atom stereocenters. The lowest BCUT2D eigenvalue weighted by molar-refractivity contribution is -0.0401. The number of rotatable bonds is 7. The van der Waals surface area contributed by atoms with Crippen molar-refractivity contribution < 1.29 is 4.79 Å². The molecule has 3 aromatic rings. The maximum atomic E-state index is 13.3. The molecular weight excluding hydrogens is 501 g/mol. The van der Waals surface area contributed by atoms with Gasteiger partial charge in [0.1, 0.15) is 0 Å². The van der Waals surface area contributed by atoms with Crippen molar-refractivity contribution in [1.29, 1.82) is 0 Å². The van der Waals surface area contributed by atoms with E-state index in [1.165, 1.54) is 44.1 Å². The van der Waals surface area contributed by atoms with Gasteiger partial charge in [0.05, 0.1) is 16.4 Å². The third-order valence-corrected chi connectivity index (χ3v) is 9.76. The summed E-state index contributed by atoms with van der Waals surface area (Å²) in [7, 11) is 0. The largest absolute Gasteiger partial charge is 0.351 e. The van der Waals surface area contributed by atoms with Crippen LogP contribution in [0, 0.1) is 43.4 Å². The summed E-state index contributed by atoms with van der Waals surface area (Å²) in [5.74, 6) is 4.63. The second-order valence-corrected chi connectivity index (χ2v) is 12.5. The van der Waals surface area contributed by atoms with Gasteiger partial charge in [0.2, 0.25) is 0 Å². The van der Waals surface area contributed by atoms with E-state index in [1.54, 1.807) is 16.8 Å². The Labute approximate surface area is 229 Å². The summed E-state index contributed by atoms with van der Waals surface area (Å²) in [6.07, 6.45) is 9.58. The lowest BCUT2D eigenvalue weighted by atomic mass is 9.51. The monoisotopic (exact) mass is 535 g/mol. The normalized spacial score (nSPS) is 26.0. The highest BCUT2D eigenvalue weighted by atomic mass is 35.5. The number of halogens is 2. The molecule has 0 radical (unpaired) electrons. The summed E-state index contributed by atoms with van der Waals surface area (Å²) in [5, 5.41) is 9.00. The molecule has 4 aliphatic carbocycles. The Morgan fingerprint density at radius 1 is 0.973 bits per heavy atom. The summed E-state index contributed by atoms with van der Waals surface area (Å²) >= 11 is 12.7. The molecule has 6 heteroatoms. The Morgan fingerprint density at radius 3 is 2.30 bits per heavy atom. The van der Waals surface area contributed by atoms with E-state index in [0.29, 0.717) is 28.0 Å². The number of nitrogens with zero attached hydrogens (tertiary/aromatic N) is 2. The standard InChI is InChI=1S/C31H35Cl2N3O/c1-18-5-7-22(8-6-18)30-19(2)29(35-36(30)28-10-9-25(32)17-27(28)33)31(37)34-11-3-4-26-23-13-20-12-21(15-23)16-24(26)14-20/h5-10,17,20-21,23-24,26H,3-4,11-16H2,1-2H3,(H,34,37). The number of carbonyl (C=O) groups excluding carboxylic acids is 1. The van der Waals surface area contributed by atoms with E-state index < -0.39 is 0 Å². The zero-order chi connectivity index (χ0) is 25.7. The lowest BCUT2D eigenvalue weighted by Crippen LogP contribution is -2.45. The van der Waals surface area contributed by atoms with E-state index in [2.05, 4.69) is 36.5 Å². The van der Waals surface area contributed by atoms with Crippen LogP contribution in [0.3, 0.4) is 0 Å². The van der Waals surface area contributed by atoms with Crippen LogP contribution in [0.25, 0.3) is 16.9 Å². The molecule has 4 saturated carbocycles. The third kappa shape index (κ3) is 4.83. The van der Waals surface area contributed by atoms with Crippen molar-refractivity contribution in [3.63, 3.8) is 0 Å². The highest BCUT2D eigenvalue weighted by molar-refractivity contribution is 6.35. The van der Waals surface area contributed by atoms with Crippen LogP contribution in [0.1, 0.15) is 66.6 Å². The lowest BCUT2D eigenvalue weighted by Gasteiger charge is -2.54. The quantitative estimate of drug-likeness (QED) is 0.311. The summed E-state index contributed by atoms with van der Waals surface area (Å²) < 4.78 is 1.78. The number of nitrogens with one attached hydrogen (secondary N) is 1. The van der Waals surface area contributed by atoms with Crippen LogP contribution in [0.4, 0.5) is 0 Å². The van der Waals surface area contributed by atoms with Gasteiger partial charge in [-0.3, -0.25) is 4.79 Å². The van der Waals surface area contributed by atoms with Crippen LogP contribution in [0.2, 0.25) is 10.0 Å². The molecule has 4 aliphatic rings. The maximum absolute atomic E-state index is 13.3. The van der Waals surface area contributed by atoms with Crippen molar-refractivity contribution in [1.82, 2.24) is 15.1 Å². The topological polar surface area (TPSA) is 46.9 Å². The second-order valence-electron chi connectivity index (χ2n) is 11.7. The SMILES string of the molecule is Cc1ccc(-c2c(C)c(C(=O)NCCCC3C4CC5CC(C4)CC3C5)nn2-c2ccc(Cl)cc2Cl)cc1. The first-order chi connectivity index (χ1) is 17.9. The fourth-order valence-corrected chi connectivity index (χ4v) is 8.21. The zero-order valence-corrected chi connectivity index (χ0v) is 23.2. The summed E-state index contributed by atoms with van der Waals surface area (Å²) in [4.78, 5) is 13.3. The van der Waals surface area contributed by atoms with Gasteiger partial charge < -0.3 is 5.32 Å². The van der Waals surface area contributed by atoms with Crippen LogP contribution in [-0.4, -0.2) is 22.2 Å². The minimum absolute atomic E-state index is 0.125. The number of carbonyl (C=O) groups is 1. The molecule has 194 valence electrons. The molecule has 4 nitrogen and oxygen atoms in total. The van der Waals surface area contributed by atoms with Crippen molar-refractivity contribution in [3.8, 4) is 16.9 Å². The Morgan fingerprint density at radius 2 is 1.65 bits per heavy atom. The molecule has 4 fully saturated rings. The van der Waals surface area contributed by atoms with Gasteiger partial charge in [0.15, 0.2) is 5.69 Å². The van der Waals surface area contributed by atoms with Crippen LogP contribution < -0.4 is 5.32 Å². The van der Waals surface area contributed by atoms with Gasteiger partial charge in [-0.2, -0.15) is 5.10 Å². The molecule has 1 amide bonds. The average molecular weight is 537 g/mol. The summed E-state index contributed by atoms with van der Waals surface area (Å²) in [6.45, 7) is 4.72. The molecule has 0 spiro atoms. The molecule has 2 aromatic carbocycles. The van der Waals surface area contributed by atoms with Gasteiger partial charge in [-0.05, 0) is 107 Å². The number of hydrogen-bond acceptors (Lipinski definition) is 2. The number of aromatic nitrogens is 2. The molecular formula is C31H35Cl2N3O. The first kappa shape index (κ1) is 25.0. The Balaban J connectivity index is 1.19. The molecule has 37 heavy (non-hydrogen) atoms. The molecule has 1 N–H and O–H groups in total. The number of hydrogen-bond donors (Lipinski definition) is 1. The fraction of sp³-hybridized carbons (Fsp3) is 0.484. The van der Waals surface area contributed by atoms with Crippen LogP contribution in [0.5, 0.6) is 0 Å². The van der Waals surface area contributed by atoms with E-state index in [-0.39, 0.29) is 5.91 Å². The first-order valence-electron chi connectivity index (χ1n) is 13.8. The van der Waals surface area contributed by atoms with Gasteiger partial charge in [-0.25, -0.2) is 4.68 Å². The predicted molar refractivity (Wildman–Crippen MR) is 151 cm³/mol. The Kier molecular flexibility index (Phi) is 6.83. The van der Waals surface area contributed by atoms with Crippen LogP contribution >= 0.6 is 23.2 Å². The van der Waals surface area contributed by atoms with E-state index >= 15 is 0 Å². The van der Waals surface area contributed by atoms with Gasteiger partial charge in [0, 0.05) is 22.7 Å². The van der Waals surface area contributed by atoms with Gasteiger partial charge in [0.25, 0.3) is 5.91 Å². The Hall–Kier alpha value is -2.30. The minimum Gasteiger partial charge on any atom is -0.351 e. The average Bonchev–Trinajstić information content (AvgIpc) is 3.20. The van der Waals surface area contributed by atoms with E-state index in [0.717, 1.165) is 52.8 Å². The number of amides is 1. The molecule has 0 aliphatic heterocycles. The van der Waals surface area contributed by atoms with Crippen molar-refractivity contribution >= 4 is 29.1 Å². The smallest absolute Gasteiger partial charge is 0.272 e. The zero-order valence-electron chi connectivity index (χ0n) is 21.6. The maximum Gasteiger partial charge on any atom is 0.272 e. The highest BCUT2D eigenvalue weighted by Gasteiger charge is 2.47. The van der Waals surface area contributed by atoms with Crippen LogP contribution in [-0.2, 0) is 0 Å². The fourth-order valence-electron chi connectivity index (χ4n) is 7.72. The number of aryl methyl sites for hydroxylation is 1. The molecule has 7 rings (SSSR count). The van der Waals surface area contributed by atoms with E-state index in [1.807, 2.05) is 13.0 Å². The molecule has 1 heterocycles. The predicted octanol–water partition coefficient (Wildman–Crippen LogP) is 8.05. The van der Waals surface area contributed by atoms with Gasteiger partial charge in [-0.1, -0.05) is 53.0 Å². The first-order valence-corrected chi connectivity index (χ1v) is 14.5. The van der Waals surface area contributed by atoms with Gasteiger partial charge in [-0.15, -0.1) is 0 Å². The third-order valence-electron chi connectivity index (χ3n) is 9.22. The van der Waals surface area contributed by atoms with Gasteiger partial charge >= 0.3 is 0 Å². The summed E-state index contributed by atoms with van der Waals surface area (Å²) in [6, 6.07) is 13.6.